The van der Waals surface area contributed by atoms with Crippen LogP contribution in [-0.2, 0) is 4.79 Å². The van der Waals surface area contributed by atoms with Crippen molar-refractivity contribution in [2.75, 3.05) is 13.2 Å². The summed E-state index contributed by atoms with van der Waals surface area (Å²) < 4.78 is 5.50. The van der Waals surface area contributed by atoms with Crippen molar-refractivity contribution in [3.05, 3.63) is 29.8 Å². The molecule has 3 heteroatoms. The molecule has 90 valence electrons. The van der Waals surface area contributed by atoms with Gasteiger partial charge in [0.2, 0.25) is 5.91 Å². The maximum Gasteiger partial charge on any atom is 0.220 e. The second-order valence-corrected chi connectivity index (χ2v) is 3.75. The standard InChI is InChI=1S/C14H17NO2/c1-3-10-15-14(16)5-4-11-17-13-8-6-12(2)7-9-13/h1,6-9H,4-5,10-11H2,2H3,(H,15,16). The highest BCUT2D eigenvalue weighted by Gasteiger charge is 1.99. The summed E-state index contributed by atoms with van der Waals surface area (Å²) in [5.74, 6) is 3.16. The molecule has 0 unspecified atom stereocenters. The van der Waals surface area contributed by atoms with Crippen LogP contribution in [0.25, 0.3) is 0 Å². The van der Waals surface area contributed by atoms with Crippen LogP contribution in [-0.4, -0.2) is 19.1 Å². The van der Waals surface area contributed by atoms with Crippen LogP contribution in [0, 0.1) is 19.3 Å². The summed E-state index contributed by atoms with van der Waals surface area (Å²) in [6, 6.07) is 7.84. The van der Waals surface area contributed by atoms with Gasteiger partial charge in [0, 0.05) is 6.42 Å². The number of hydrogen-bond acceptors (Lipinski definition) is 2. The summed E-state index contributed by atoms with van der Waals surface area (Å²) in [6.07, 6.45) is 6.15. The minimum absolute atomic E-state index is 0.0320. The number of aryl methyl sites for hydroxylation is 1. The van der Waals surface area contributed by atoms with Crippen LogP contribution in [0.4, 0.5) is 0 Å². The Morgan fingerprint density at radius 1 is 1.41 bits per heavy atom. The van der Waals surface area contributed by atoms with E-state index < -0.39 is 0 Å². The highest BCUT2D eigenvalue weighted by atomic mass is 16.5. The van der Waals surface area contributed by atoms with Gasteiger partial charge in [-0.3, -0.25) is 4.79 Å². The predicted octanol–water partition coefficient (Wildman–Crippen LogP) is 1.90. The second-order valence-electron chi connectivity index (χ2n) is 3.75. The van der Waals surface area contributed by atoms with Crippen LogP contribution in [0.15, 0.2) is 24.3 Å². The molecule has 0 radical (unpaired) electrons. The lowest BCUT2D eigenvalue weighted by atomic mass is 10.2. The Kier molecular flexibility index (Phi) is 5.67. The van der Waals surface area contributed by atoms with Crippen LogP contribution < -0.4 is 10.1 Å². The molecule has 0 spiro atoms. The lowest BCUT2D eigenvalue weighted by molar-refractivity contribution is -0.121. The molecule has 0 bridgehead atoms. The van der Waals surface area contributed by atoms with E-state index in [1.54, 1.807) is 0 Å². The molecule has 0 saturated heterocycles. The Morgan fingerprint density at radius 3 is 2.76 bits per heavy atom. The van der Waals surface area contributed by atoms with Crippen molar-refractivity contribution in [1.29, 1.82) is 0 Å². The van der Waals surface area contributed by atoms with E-state index in [9.17, 15) is 4.79 Å². The summed E-state index contributed by atoms with van der Waals surface area (Å²) in [7, 11) is 0. The van der Waals surface area contributed by atoms with Crippen molar-refractivity contribution in [2.45, 2.75) is 19.8 Å². The summed E-state index contributed by atoms with van der Waals surface area (Å²) in [4.78, 5) is 11.2. The summed E-state index contributed by atoms with van der Waals surface area (Å²) in [5, 5.41) is 2.61. The Labute approximate surface area is 102 Å². The molecule has 0 saturated carbocycles. The van der Waals surface area contributed by atoms with Crippen molar-refractivity contribution < 1.29 is 9.53 Å². The number of terminal acetylenes is 1. The average Bonchev–Trinajstić information content (AvgIpc) is 2.34. The minimum atomic E-state index is -0.0320. The first-order valence-electron chi connectivity index (χ1n) is 5.62. The number of amides is 1. The largest absolute Gasteiger partial charge is 0.494 e. The van der Waals surface area contributed by atoms with Gasteiger partial charge < -0.3 is 10.1 Å². The summed E-state index contributed by atoms with van der Waals surface area (Å²) in [5.41, 5.74) is 1.20. The van der Waals surface area contributed by atoms with Crippen molar-refractivity contribution in [3.8, 4) is 18.1 Å². The number of ether oxygens (including phenoxy) is 1. The fourth-order valence-electron chi connectivity index (χ4n) is 1.30. The van der Waals surface area contributed by atoms with E-state index in [-0.39, 0.29) is 12.5 Å². The van der Waals surface area contributed by atoms with Crippen LogP contribution in [0.2, 0.25) is 0 Å². The first kappa shape index (κ1) is 13.1. The molecule has 17 heavy (non-hydrogen) atoms. The molecule has 1 N–H and O–H groups in total. The molecule has 0 aliphatic carbocycles. The molecule has 3 nitrogen and oxygen atoms in total. The van der Waals surface area contributed by atoms with E-state index in [0.717, 1.165) is 5.75 Å². The van der Waals surface area contributed by atoms with Gasteiger partial charge in [0.25, 0.3) is 0 Å². The number of carbonyl (C=O) groups is 1. The van der Waals surface area contributed by atoms with Gasteiger partial charge in [-0.05, 0) is 25.5 Å². The molecular formula is C14H17NO2. The molecule has 1 aromatic rings. The van der Waals surface area contributed by atoms with Gasteiger partial charge >= 0.3 is 0 Å². The van der Waals surface area contributed by atoms with E-state index in [4.69, 9.17) is 11.2 Å². The smallest absolute Gasteiger partial charge is 0.220 e. The first-order valence-corrected chi connectivity index (χ1v) is 5.62. The van der Waals surface area contributed by atoms with Crippen molar-refractivity contribution in [3.63, 3.8) is 0 Å². The molecule has 1 aromatic carbocycles. The van der Waals surface area contributed by atoms with Crippen LogP contribution in [0.5, 0.6) is 5.75 Å². The SMILES string of the molecule is C#CCNC(=O)CCCOc1ccc(C)cc1. The van der Waals surface area contributed by atoms with Crippen LogP contribution in [0.3, 0.4) is 0 Å². The van der Waals surface area contributed by atoms with E-state index >= 15 is 0 Å². The third-order valence-corrected chi connectivity index (χ3v) is 2.23. The average molecular weight is 231 g/mol. The number of hydrogen-bond donors (Lipinski definition) is 1. The molecule has 0 atom stereocenters. The van der Waals surface area contributed by atoms with E-state index in [1.807, 2.05) is 31.2 Å². The van der Waals surface area contributed by atoms with Gasteiger partial charge in [0.1, 0.15) is 5.75 Å². The van der Waals surface area contributed by atoms with E-state index in [2.05, 4.69) is 11.2 Å². The number of benzene rings is 1. The zero-order valence-electron chi connectivity index (χ0n) is 10.0. The minimum Gasteiger partial charge on any atom is -0.494 e. The lowest BCUT2D eigenvalue weighted by Crippen LogP contribution is -2.23. The summed E-state index contributed by atoms with van der Waals surface area (Å²) in [6.45, 7) is 2.85. The fraction of sp³-hybridized carbons (Fsp3) is 0.357. The number of rotatable bonds is 6. The van der Waals surface area contributed by atoms with E-state index in [0.29, 0.717) is 19.4 Å². The van der Waals surface area contributed by atoms with Crippen molar-refractivity contribution >= 4 is 5.91 Å². The van der Waals surface area contributed by atoms with Gasteiger partial charge in [-0.1, -0.05) is 23.6 Å². The molecule has 0 aliphatic rings. The Morgan fingerprint density at radius 2 is 2.12 bits per heavy atom. The quantitative estimate of drug-likeness (QED) is 0.600. The van der Waals surface area contributed by atoms with Gasteiger partial charge in [0.15, 0.2) is 0 Å². The third kappa shape index (κ3) is 5.62. The number of carbonyl (C=O) groups excluding carboxylic acids is 1. The fourth-order valence-corrected chi connectivity index (χ4v) is 1.30. The monoisotopic (exact) mass is 231 g/mol. The molecule has 0 heterocycles. The molecule has 0 aromatic heterocycles. The van der Waals surface area contributed by atoms with Gasteiger partial charge in [-0.15, -0.1) is 6.42 Å². The topological polar surface area (TPSA) is 38.3 Å². The predicted molar refractivity (Wildman–Crippen MR) is 67.8 cm³/mol. The Balaban J connectivity index is 2.14. The van der Waals surface area contributed by atoms with Gasteiger partial charge in [0.05, 0.1) is 13.2 Å². The molecule has 1 rings (SSSR count). The highest BCUT2D eigenvalue weighted by Crippen LogP contribution is 2.11. The van der Waals surface area contributed by atoms with Crippen molar-refractivity contribution in [2.24, 2.45) is 0 Å². The maximum atomic E-state index is 11.2. The normalized spacial score (nSPS) is 9.41. The molecular weight excluding hydrogens is 214 g/mol. The third-order valence-electron chi connectivity index (χ3n) is 2.23. The van der Waals surface area contributed by atoms with Crippen LogP contribution >= 0.6 is 0 Å². The van der Waals surface area contributed by atoms with E-state index in [1.165, 1.54) is 5.56 Å². The molecule has 1 amide bonds. The second kappa shape index (κ2) is 7.34. The van der Waals surface area contributed by atoms with Crippen LogP contribution in [0.1, 0.15) is 18.4 Å². The molecule has 0 fully saturated rings. The van der Waals surface area contributed by atoms with Gasteiger partial charge in [-0.25, -0.2) is 0 Å². The Bertz CT molecular complexity index is 390. The lowest BCUT2D eigenvalue weighted by Gasteiger charge is -2.06. The first-order chi connectivity index (χ1) is 8.22. The maximum absolute atomic E-state index is 11.2. The molecule has 0 aliphatic heterocycles. The highest BCUT2D eigenvalue weighted by molar-refractivity contribution is 5.76. The summed E-state index contributed by atoms with van der Waals surface area (Å²) >= 11 is 0. The zero-order chi connectivity index (χ0) is 12.5. The Hall–Kier alpha value is -1.95. The van der Waals surface area contributed by atoms with Crippen molar-refractivity contribution in [1.82, 2.24) is 5.32 Å². The van der Waals surface area contributed by atoms with Gasteiger partial charge in [-0.2, -0.15) is 0 Å². The number of nitrogens with one attached hydrogen (secondary N) is 1. The zero-order valence-corrected chi connectivity index (χ0v) is 10.0.